The molecular weight excluding hydrogens is 172 g/mol. The van der Waals surface area contributed by atoms with Crippen molar-refractivity contribution in [3.63, 3.8) is 0 Å². The standard InChI is InChI=1S/C9H14O2S/c1-7(9(10)11)12-8-5-3-2-4-6-8/h8H,1-6H2,(H,10,11)/p-1. The van der Waals surface area contributed by atoms with Gasteiger partial charge in [-0.05, 0) is 12.8 Å². The van der Waals surface area contributed by atoms with Gasteiger partial charge in [0.05, 0.1) is 5.97 Å². The third kappa shape index (κ3) is 2.89. The predicted octanol–water partition coefficient (Wildman–Crippen LogP) is 1.32. The van der Waals surface area contributed by atoms with E-state index >= 15 is 0 Å². The summed E-state index contributed by atoms with van der Waals surface area (Å²) in [5.41, 5.74) is 0. The summed E-state index contributed by atoms with van der Waals surface area (Å²) >= 11 is 1.37. The molecule has 1 aliphatic carbocycles. The molecule has 0 bridgehead atoms. The van der Waals surface area contributed by atoms with Crippen LogP contribution in [-0.2, 0) is 4.79 Å². The van der Waals surface area contributed by atoms with Crippen LogP contribution in [0.1, 0.15) is 32.1 Å². The summed E-state index contributed by atoms with van der Waals surface area (Å²) in [7, 11) is 0. The van der Waals surface area contributed by atoms with E-state index in [0.717, 1.165) is 12.8 Å². The van der Waals surface area contributed by atoms with Crippen LogP contribution in [0, 0.1) is 0 Å². The van der Waals surface area contributed by atoms with Gasteiger partial charge in [-0.15, -0.1) is 11.8 Å². The first-order chi connectivity index (χ1) is 5.70. The lowest BCUT2D eigenvalue weighted by molar-refractivity contribution is -0.298. The first-order valence-electron chi connectivity index (χ1n) is 4.27. The average Bonchev–Trinajstić information content (AvgIpc) is 2.06. The maximum atomic E-state index is 10.3. The highest BCUT2D eigenvalue weighted by Crippen LogP contribution is 2.31. The highest BCUT2D eigenvalue weighted by atomic mass is 32.2. The summed E-state index contributed by atoms with van der Waals surface area (Å²) in [5, 5.41) is 10.8. The number of hydrogen-bond donors (Lipinski definition) is 0. The molecule has 0 amide bonds. The van der Waals surface area contributed by atoms with Crippen LogP contribution in [0.3, 0.4) is 0 Å². The van der Waals surface area contributed by atoms with Crippen molar-refractivity contribution < 1.29 is 9.90 Å². The van der Waals surface area contributed by atoms with Crippen molar-refractivity contribution in [1.82, 2.24) is 0 Å². The lowest BCUT2D eigenvalue weighted by Gasteiger charge is -2.21. The van der Waals surface area contributed by atoms with Crippen LogP contribution in [0.5, 0.6) is 0 Å². The van der Waals surface area contributed by atoms with Crippen LogP contribution in [0.25, 0.3) is 0 Å². The third-order valence-corrected chi connectivity index (χ3v) is 3.34. The van der Waals surface area contributed by atoms with Crippen molar-refractivity contribution in [3.8, 4) is 0 Å². The monoisotopic (exact) mass is 185 g/mol. The van der Waals surface area contributed by atoms with Gasteiger partial charge in [0.2, 0.25) is 0 Å². The molecule has 0 unspecified atom stereocenters. The Morgan fingerprint density at radius 1 is 1.33 bits per heavy atom. The van der Waals surface area contributed by atoms with E-state index in [9.17, 15) is 9.90 Å². The molecule has 0 saturated heterocycles. The van der Waals surface area contributed by atoms with Crippen molar-refractivity contribution in [3.05, 3.63) is 11.5 Å². The van der Waals surface area contributed by atoms with Crippen LogP contribution in [0.4, 0.5) is 0 Å². The lowest BCUT2D eigenvalue weighted by atomic mass is 10.0. The smallest absolute Gasteiger partial charge is 0.0772 e. The number of aliphatic carboxylic acids is 1. The van der Waals surface area contributed by atoms with Crippen LogP contribution in [0.15, 0.2) is 11.5 Å². The van der Waals surface area contributed by atoms with Gasteiger partial charge in [-0.25, -0.2) is 0 Å². The molecule has 1 fully saturated rings. The Kier molecular flexibility index (Phi) is 3.66. The minimum atomic E-state index is -1.12. The van der Waals surface area contributed by atoms with Gasteiger partial charge in [0.1, 0.15) is 0 Å². The number of carbonyl (C=O) groups excluding carboxylic acids is 1. The molecule has 2 nitrogen and oxygen atoms in total. The fraction of sp³-hybridized carbons (Fsp3) is 0.667. The minimum absolute atomic E-state index is 0.182. The molecule has 0 radical (unpaired) electrons. The Morgan fingerprint density at radius 3 is 2.42 bits per heavy atom. The van der Waals surface area contributed by atoms with Gasteiger partial charge in [-0.3, -0.25) is 0 Å². The van der Waals surface area contributed by atoms with Crippen molar-refractivity contribution in [1.29, 1.82) is 0 Å². The van der Waals surface area contributed by atoms with Crippen molar-refractivity contribution in [2.45, 2.75) is 37.4 Å². The quantitative estimate of drug-likeness (QED) is 0.622. The zero-order chi connectivity index (χ0) is 8.97. The lowest BCUT2D eigenvalue weighted by Crippen LogP contribution is -2.24. The van der Waals surface area contributed by atoms with E-state index < -0.39 is 5.97 Å². The number of thioether (sulfide) groups is 1. The third-order valence-electron chi connectivity index (χ3n) is 2.09. The molecule has 68 valence electrons. The summed E-state index contributed by atoms with van der Waals surface area (Å²) < 4.78 is 0. The first kappa shape index (κ1) is 9.65. The molecule has 0 aromatic heterocycles. The summed E-state index contributed by atoms with van der Waals surface area (Å²) in [5.74, 6) is -1.12. The second kappa shape index (κ2) is 4.55. The number of hydrogen-bond acceptors (Lipinski definition) is 3. The fourth-order valence-corrected chi connectivity index (χ4v) is 2.50. The highest BCUT2D eigenvalue weighted by Gasteiger charge is 2.14. The molecule has 3 heteroatoms. The topological polar surface area (TPSA) is 40.1 Å². The Morgan fingerprint density at radius 2 is 1.92 bits per heavy atom. The second-order valence-electron chi connectivity index (χ2n) is 3.09. The molecule has 0 N–H and O–H groups in total. The summed E-state index contributed by atoms with van der Waals surface area (Å²) in [6, 6.07) is 0. The molecule has 0 aliphatic heterocycles. The first-order valence-corrected chi connectivity index (χ1v) is 5.15. The van der Waals surface area contributed by atoms with Gasteiger partial charge in [-0.1, -0.05) is 25.8 Å². The van der Waals surface area contributed by atoms with Gasteiger partial charge in [-0.2, -0.15) is 0 Å². The zero-order valence-electron chi connectivity index (χ0n) is 7.04. The van der Waals surface area contributed by atoms with E-state index in [1.54, 1.807) is 0 Å². The Labute approximate surface area is 77.0 Å². The van der Waals surface area contributed by atoms with Crippen LogP contribution in [0.2, 0.25) is 0 Å². The van der Waals surface area contributed by atoms with Crippen LogP contribution >= 0.6 is 11.8 Å². The number of carboxylic acid groups (broad SMARTS) is 1. The maximum Gasteiger partial charge on any atom is 0.0772 e. The highest BCUT2D eigenvalue weighted by molar-refractivity contribution is 8.04. The van der Waals surface area contributed by atoms with E-state index in [1.165, 1.54) is 31.0 Å². The summed E-state index contributed by atoms with van der Waals surface area (Å²) in [6.07, 6.45) is 5.97. The minimum Gasteiger partial charge on any atom is -0.544 e. The van der Waals surface area contributed by atoms with E-state index in [2.05, 4.69) is 6.58 Å². The number of carbonyl (C=O) groups is 1. The normalized spacial score (nSPS) is 19.0. The maximum absolute atomic E-state index is 10.3. The number of carboxylic acids is 1. The molecule has 1 saturated carbocycles. The van der Waals surface area contributed by atoms with E-state index in [-0.39, 0.29) is 4.91 Å². The largest absolute Gasteiger partial charge is 0.544 e. The average molecular weight is 185 g/mol. The molecule has 0 aromatic carbocycles. The predicted molar refractivity (Wildman–Crippen MR) is 48.6 cm³/mol. The van der Waals surface area contributed by atoms with Gasteiger partial charge in [0.15, 0.2) is 0 Å². The van der Waals surface area contributed by atoms with Gasteiger partial charge in [0.25, 0.3) is 0 Å². The van der Waals surface area contributed by atoms with Gasteiger partial charge in [0, 0.05) is 10.2 Å². The van der Waals surface area contributed by atoms with Crippen molar-refractivity contribution in [2.75, 3.05) is 0 Å². The molecule has 0 atom stereocenters. The molecule has 0 aromatic rings. The van der Waals surface area contributed by atoms with Gasteiger partial charge < -0.3 is 9.90 Å². The Bertz CT molecular complexity index is 183. The van der Waals surface area contributed by atoms with Crippen LogP contribution in [-0.4, -0.2) is 11.2 Å². The van der Waals surface area contributed by atoms with E-state index in [1.807, 2.05) is 0 Å². The Balaban J connectivity index is 2.29. The fourth-order valence-electron chi connectivity index (χ4n) is 1.43. The molecule has 12 heavy (non-hydrogen) atoms. The summed E-state index contributed by atoms with van der Waals surface area (Å²) in [6.45, 7) is 3.45. The molecule has 1 rings (SSSR count). The summed E-state index contributed by atoms with van der Waals surface area (Å²) in [4.78, 5) is 10.5. The second-order valence-corrected chi connectivity index (χ2v) is 4.48. The van der Waals surface area contributed by atoms with Gasteiger partial charge >= 0.3 is 0 Å². The van der Waals surface area contributed by atoms with E-state index in [4.69, 9.17) is 0 Å². The molecule has 1 aliphatic rings. The van der Waals surface area contributed by atoms with Crippen LogP contribution < -0.4 is 5.11 Å². The SMILES string of the molecule is C=C(SC1CCCCC1)C(=O)[O-]. The number of rotatable bonds is 3. The van der Waals surface area contributed by atoms with E-state index in [0.29, 0.717) is 5.25 Å². The molecule has 0 spiro atoms. The molecule has 0 heterocycles. The zero-order valence-corrected chi connectivity index (χ0v) is 7.86. The van der Waals surface area contributed by atoms with Crippen molar-refractivity contribution >= 4 is 17.7 Å². The Hall–Kier alpha value is -0.440. The van der Waals surface area contributed by atoms with Crippen molar-refractivity contribution in [2.24, 2.45) is 0 Å². The molecular formula is C9H13O2S-.